The SMILES string of the molecule is Cc1ccc(C2(C(=O)O)CCC2)c(C)c1. The van der Waals surface area contributed by atoms with Crippen LogP contribution in [-0.2, 0) is 10.2 Å². The Kier molecular flexibility index (Phi) is 2.29. The van der Waals surface area contributed by atoms with Gasteiger partial charge in [-0.2, -0.15) is 0 Å². The van der Waals surface area contributed by atoms with Gasteiger partial charge in [-0.1, -0.05) is 30.2 Å². The summed E-state index contributed by atoms with van der Waals surface area (Å²) in [4.78, 5) is 11.3. The molecule has 0 atom stereocenters. The molecule has 0 aliphatic heterocycles. The van der Waals surface area contributed by atoms with Gasteiger partial charge in [0, 0.05) is 0 Å². The van der Waals surface area contributed by atoms with Crippen molar-refractivity contribution >= 4 is 5.97 Å². The molecule has 0 saturated heterocycles. The van der Waals surface area contributed by atoms with Gasteiger partial charge in [-0.15, -0.1) is 0 Å². The fourth-order valence-electron chi connectivity index (χ4n) is 2.48. The van der Waals surface area contributed by atoms with Crippen molar-refractivity contribution in [1.82, 2.24) is 0 Å². The smallest absolute Gasteiger partial charge is 0.314 e. The minimum atomic E-state index is -0.666. The van der Waals surface area contributed by atoms with Crippen LogP contribution in [0.2, 0.25) is 0 Å². The molecule has 0 bridgehead atoms. The van der Waals surface area contributed by atoms with Crippen molar-refractivity contribution in [3.05, 3.63) is 34.9 Å². The number of benzene rings is 1. The highest BCUT2D eigenvalue weighted by molar-refractivity contribution is 5.83. The van der Waals surface area contributed by atoms with Crippen LogP contribution in [0.3, 0.4) is 0 Å². The van der Waals surface area contributed by atoms with Gasteiger partial charge in [0.2, 0.25) is 0 Å². The van der Waals surface area contributed by atoms with Crippen LogP contribution in [0.15, 0.2) is 18.2 Å². The Morgan fingerprint density at radius 3 is 2.40 bits per heavy atom. The highest BCUT2D eigenvalue weighted by Crippen LogP contribution is 2.45. The summed E-state index contributed by atoms with van der Waals surface area (Å²) in [6.45, 7) is 4.04. The van der Waals surface area contributed by atoms with Crippen LogP contribution in [0.5, 0.6) is 0 Å². The number of hydrogen-bond acceptors (Lipinski definition) is 1. The molecule has 1 aliphatic rings. The van der Waals surface area contributed by atoms with Gasteiger partial charge in [0.1, 0.15) is 0 Å². The van der Waals surface area contributed by atoms with Gasteiger partial charge in [-0.3, -0.25) is 4.79 Å². The summed E-state index contributed by atoms with van der Waals surface area (Å²) in [7, 11) is 0. The first-order valence-corrected chi connectivity index (χ1v) is 5.37. The predicted octanol–water partition coefficient (Wildman–Crippen LogP) is 2.81. The minimum Gasteiger partial charge on any atom is -0.481 e. The molecule has 1 fully saturated rings. The molecule has 0 radical (unpaired) electrons. The molecule has 2 nitrogen and oxygen atoms in total. The van der Waals surface area contributed by atoms with Gasteiger partial charge in [0.05, 0.1) is 5.41 Å². The van der Waals surface area contributed by atoms with Crippen molar-refractivity contribution < 1.29 is 9.90 Å². The first-order valence-electron chi connectivity index (χ1n) is 5.37. The fraction of sp³-hybridized carbons (Fsp3) is 0.462. The van der Waals surface area contributed by atoms with E-state index in [4.69, 9.17) is 0 Å². The molecule has 0 aromatic heterocycles. The van der Waals surface area contributed by atoms with Crippen molar-refractivity contribution in [2.75, 3.05) is 0 Å². The van der Waals surface area contributed by atoms with Crippen LogP contribution >= 0.6 is 0 Å². The van der Waals surface area contributed by atoms with Crippen molar-refractivity contribution in [1.29, 1.82) is 0 Å². The van der Waals surface area contributed by atoms with E-state index >= 15 is 0 Å². The molecule has 2 rings (SSSR count). The van der Waals surface area contributed by atoms with E-state index in [1.165, 1.54) is 5.56 Å². The Hall–Kier alpha value is -1.31. The summed E-state index contributed by atoms with van der Waals surface area (Å²) in [5.74, 6) is -0.666. The summed E-state index contributed by atoms with van der Waals surface area (Å²) in [5.41, 5.74) is 2.72. The standard InChI is InChI=1S/C13H16O2/c1-9-4-5-11(10(2)8-9)13(12(14)15)6-3-7-13/h4-5,8H,3,6-7H2,1-2H3,(H,14,15). The van der Waals surface area contributed by atoms with E-state index < -0.39 is 11.4 Å². The van der Waals surface area contributed by atoms with Crippen molar-refractivity contribution in [3.8, 4) is 0 Å². The zero-order valence-corrected chi connectivity index (χ0v) is 9.21. The van der Waals surface area contributed by atoms with Crippen molar-refractivity contribution in [3.63, 3.8) is 0 Å². The molecule has 1 aromatic carbocycles. The van der Waals surface area contributed by atoms with Gasteiger partial charge in [0.15, 0.2) is 0 Å². The van der Waals surface area contributed by atoms with Gasteiger partial charge in [-0.25, -0.2) is 0 Å². The molecular formula is C13H16O2. The second-order valence-corrected chi connectivity index (χ2v) is 4.56. The molecule has 1 saturated carbocycles. The maximum atomic E-state index is 11.3. The average molecular weight is 204 g/mol. The second-order valence-electron chi connectivity index (χ2n) is 4.56. The number of aryl methyl sites for hydroxylation is 2. The lowest BCUT2D eigenvalue weighted by atomic mass is 9.63. The summed E-state index contributed by atoms with van der Waals surface area (Å²) in [6.07, 6.45) is 2.60. The third-order valence-corrected chi connectivity index (χ3v) is 3.51. The first kappa shape index (κ1) is 10.2. The second kappa shape index (κ2) is 3.37. The van der Waals surface area contributed by atoms with Gasteiger partial charge >= 0.3 is 5.97 Å². The molecule has 1 aliphatic carbocycles. The van der Waals surface area contributed by atoms with Crippen LogP contribution < -0.4 is 0 Å². The van der Waals surface area contributed by atoms with E-state index in [2.05, 4.69) is 6.07 Å². The van der Waals surface area contributed by atoms with E-state index in [1.807, 2.05) is 26.0 Å². The largest absolute Gasteiger partial charge is 0.481 e. The van der Waals surface area contributed by atoms with Crippen LogP contribution in [0.4, 0.5) is 0 Å². The highest BCUT2D eigenvalue weighted by Gasteiger charge is 2.46. The first-order chi connectivity index (χ1) is 7.06. The zero-order chi connectivity index (χ0) is 11.1. The van der Waals surface area contributed by atoms with Crippen LogP contribution in [0, 0.1) is 13.8 Å². The molecule has 0 spiro atoms. The number of aliphatic carboxylic acids is 1. The summed E-state index contributed by atoms with van der Waals surface area (Å²) in [6, 6.07) is 6.06. The third-order valence-electron chi connectivity index (χ3n) is 3.51. The predicted molar refractivity (Wildman–Crippen MR) is 59.1 cm³/mol. The Balaban J connectivity index is 2.48. The molecule has 1 aromatic rings. The molecule has 15 heavy (non-hydrogen) atoms. The van der Waals surface area contributed by atoms with Crippen molar-refractivity contribution in [2.45, 2.75) is 38.5 Å². The Morgan fingerprint density at radius 1 is 1.33 bits per heavy atom. The minimum absolute atomic E-state index is 0.586. The lowest BCUT2D eigenvalue weighted by molar-refractivity contribution is -0.147. The van der Waals surface area contributed by atoms with E-state index in [9.17, 15) is 9.90 Å². The molecule has 0 heterocycles. The number of carboxylic acids is 1. The highest BCUT2D eigenvalue weighted by atomic mass is 16.4. The fourth-order valence-corrected chi connectivity index (χ4v) is 2.48. The lowest BCUT2D eigenvalue weighted by Gasteiger charge is -2.39. The molecular weight excluding hydrogens is 188 g/mol. The normalized spacial score (nSPS) is 18.3. The lowest BCUT2D eigenvalue weighted by Crippen LogP contribution is -2.42. The van der Waals surface area contributed by atoms with E-state index in [0.717, 1.165) is 30.4 Å². The maximum Gasteiger partial charge on any atom is 0.314 e. The number of carbonyl (C=O) groups is 1. The third kappa shape index (κ3) is 1.44. The summed E-state index contributed by atoms with van der Waals surface area (Å²) < 4.78 is 0. The van der Waals surface area contributed by atoms with E-state index in [0.29, 0.717) is 0 Å². The number of rotatable bonds is 2. The molecule has 0 amide bonds. The van der Waals surface area contributed by atoms with Gasteiger partial charge in [-0.05, 0) is 37.8 Å². The van der Waals surface area contributed by atoms with Gasteiger partial charge < -0.3 is 5.11 Å². The molecule has 2 heteroatoms. The molecule has 80 valence electrons. The average Bonchev–Trinajstić information content (AvgIpc) is 2.05. The van der Waals surface area contributed by atoms with Gasteiger partial charge in [0.25, 0.3) is 0 Å². The Morgan fingerprint density at radius 2 is 2.00 bits per heavy atom. The van der Waals surface area contributed by atoms with Crippen LogP contribution in [0.1, 0.15) is 36.0 Å². The zero-order valence-electron chi connectivity index (χ0n) is 9.21. The van der Waals surface area contributed by atoms with E-state index in [-0.39, 0.29) is 0 Å². The van der Waals surface area contributed by atoms with Crippen molar-refractivity contribution in [2.24, 2.45) is 0 Å². The van der Waals surface area contributed by atoms with Crippen LogP contribution in [-0.4, -0.2) is 11.1 Å². The number of hydrogen-bond donors (Lipinski definition) is 1. The Bertz CT molecular complexity index is 403. The molecule has 0 unspecified atom stereocenters. The summed E-state index contributed by atoms with van der Waals surface area (Å²) >= 11 is 0. The van der Waals surface area contributed by atoms with E-state index in [1.54, 1.807) is 0 Å². The summed E-state index contributed by atoms with van der Waals surface area (Å²) in [5, 5.41) is 9.33. The molecule has 1 N–H and O–H groups in total. The number of carboxylic acid groups (broad SMARTS) is 1. The topological polar surface area (TPSA) is 37.3 Å². The monoisotopic (exact) mass is 204 g/mol. The maximum absolute atomic E-state index is 11.3. The Labute approximate surface area is 89.9 Å². The quantitative estimate of drug-likeness (QED) is 0.804. The van der Waals surface area contributed by atoms with Crippen LogP contribution in [0.25, 0.3) is 0 Å².